The van der Waals surface area contributed by atoms with Gasteiger partial charge in [0.05, 0.1) is 0 Å². The van der Waals surface area contributed by atoms with Gasteiger partial charge < -0.3 is 5.32 Å². The number of nitriles is 1. The number of hydrogen-bond acceptors (Lipinski definition) is 4. The molecular formula is C13H11FN4. The lowest BCUT2D eigenvalue weighted by Crippen LogP contribution is -2.04. The zero-order chi connectivity index (χ0) is 13.0. The standard InChI is InChI=1S/C13H11FN4/c1-9-17-12(7-15)6-13(18-9)16-8-10-2-4-11(14)5-3-10/h2-6H,8H2,1H3,(H,16,17,18). The van der Waals surface area contributed by atoms with E-state index in [0.29, 0.717) is 23.9 Å². The van der Waals surface area contributed by atoms with Gasteiger partial charge in [-0.2, -0.15) is 5.26 Å². The van der Waals surface area contributed by atoms with Crippen LogP contribution in [0.25, 0.3) is 0 Å². The number of nitrogens with one attached hydrogen (secondary N) is 1. The van der Waals surface area contributed by atoms with Gasteiger partial charge in [0.15, 0.2) is 0 Å². The molecule has 1 aromatic carbocycles. The van der Waals surface area contributed by atoms with Crippen molar-refractivity contribution in [2.45, 2.75) is 13.5 Å². The fourth-order valence-electron chi connectivity index (χ4n) is 1.51. The summed E-state index contributed by atoms with van der Waals surface area (Å²) in [5, 5.41) is 11.9. The Morgan fingerprint density at radius 2 is 2.00 bits per heavy atom. The average molecular weight is 242 g/mol. The third-order valence-electron chi connectivity index (χ3n) is 2.34. The van der Waals surface area contributed by atoms with Crippen LogP contribution < -0.4 is 5.32 Å². The predicted molar refractivity (Wildman–Crippen MR) is 65.2 cm³/mol. The summed E-state index contributed by atoms with van der Waals surface area (Å²) >= 11 is 0. The van der Waals surface area contributed by atoms with E-state index in [1.54, 1.807) is 25.1 Å². The maximum Gasteiger partial charge on any atom is 0.146 e. The van der Waals surface area contributed by atoms with Crippen LogP contribution in [0, 0.1) is 24.1 Å². The Morgan fingerprint density at radius 1 is 1.28 bits per heavy atom. The zero-order valence-corrected chi connectivity index (χ0v) is 9.81. The molecular weight excluding hydrogens is 231 g/mol. The average Bonchev–Trinajstić information content (AvgIpc) is 2.37. The molecule has 1 heterocycles. The van der Waals surface area contributed by atoms with Crippen molar-refractivity contribution in [3.8, 4) is 6.07 Å². The SMILES string of the molecule is Cc1nc(C#N)cc(NCc2ccc(F)cc2)n1. The minimum Gasteiger partial charge on any atom is -0.366 e. The van der Waals surface area contributed by atoms with Gasteiger partial charge in [0.2, 0.25) is 0 Å². The predicted octanol–water partition coefficient (Wildman–Crippen LogP) is 2.41. The van der Waals surface area contributed by atoms with Crippen LogP contribution in [0.2, 0.25) is 0 Å². The molecule has 5 heteroatoms. The van der Waals surface area contributed by atoms with Gasteiger partial charge in [0, 0.05) is 12.6 Å². The zero-order valence-electron chi connectivity index (χ0n) is 9.81. The van der Waals surface area contributed by atoms with Crippen molar-refractivity contribution < 1.29 is 4.39 Å². The van der Waals surface area contributed by atoms with Crippen molar-refractivity contribution in [3.05, 3.63) is 53.2 Å². The number of anilines is 1. The normalized spacial score (nSPS) is 9.83. The highest BCUT2D eigenvalue weighted by atomic mass is 19.1. The van der Waals surface area contributed by atoms with E-state index < -0.39 is 0 Å². The number of aryl methyl sites for hydroxylation is 1. The quantitative estimate of drug-likeness (QED) is 0.897. The van der Waals surface area contributed by atoms with Crippen LogP contribution in [0.4, 0.5) is 10.2 Å². The molecule has 90 valence electrons. The van der Waals surface area contributed by atoms with Gasteiger partial charge in [0.25, 0.3) is 0 Å². The number of nitrogens with zero attached hydrogens (tertiary/aromatic N) is 3. The van der Waals surface area contributed by atoms with Crippen molar-refractivity contribution in [1.82, 2.24) is 9.97 Å². The Balaban J connectivity index is 2.08. The first kappa shape index (κ1) is 12.0. The van der Waals surface area contributed by atoms with E-state index in [0.717, 1.165) is 5.56 Å². The van der Waals surface area contributed by atoms with E-state index in [9.17, 15) is 4.39 Å². The molecule has 0 bridgehead atoms. The summed E-state index contributed by atoms with van der Waals surface area (Å²) < 4.78 is 12.7. The maximum absolute atomic E-state index is 12.7. The van der Waals surface area contributed by atoms with E-state index in [2.05, 4.69) is 15.3 Å². The summed E-state index contributed by atoms with van der Waals surface area (Å²) in [7, 11) is 0. The highest BCUT2D eigenvalue weighted by Crippen LogP contribution is 2.09. The third kappa shape index (κ3) is 3.01. The Hall–Kier alpha value is -2.48. The molecule has 0 aliphatic carbocycles. The van der Waals surface area contributed by atoms with Gasteiger partial charge >= 0.3 is 0 Å². The van der Waals surface area contributed by atoms with Gasteiger partial charge in [-0.3, -0.25) is 0 Å². The molecule has 0 atom stereocenters. The molecule has 1 N–H and O–H groups in total. The fourth-order valence-corrected chi connectivity index (χ4v) is 1.51. The minimum atomic E-state index is -0.261. The van der Waals surface area contributed by atoms with Gasteiger partial charge in [-0.15, -0.1) is 0 Å². The molecule has 0 aliphatic heterocycles. The Labute approximate surface area is 104 Å². The third-order valence-corrected chi connectivity index (χ3v) is 2.34. The molecule has 0 unspecified atom stereocenters. The molecule has 0 aliphatic rings. The van der Waals surface area contributed by atoms with Gasteiger partial charge in [0.1, 0.15) is 29.2 Å². The van der Waals surface area contributed by atoms with Gasteiger partial charge in [-0.05, 0) is 24.6 Å². The molecule has 0 amide bonds. The Bertz CT molecular complexity index is 587. The molecule has 2 rings (SSSR count). The van der Waals surface area contributed by atoms with E-state index in [-0.39, 0.29) is 5.82 Å². The van der Waals surface area contributed by atoms with Crippen LogP contribution in [0.5, 0.6) is 0 Å². The molecule has 0 fully saturated rings. The van der Waals surface area contributed by atoms with Crippen LogP contribution >= 0.6 is 0 Å². The monoisotopic (exact) mass is 242 g/mol. The molecule has 0 saturated heterocycles. The molecule has 18 heavy (non-hydrogen) atoms. The summed E-state index contributed by atoms with van der Waals surface area (Å²) in [6.45, 7) is 2.24. The van der Waals surface area contributed by atoms with E-state index in [1.165, 1.54) is 12.1 Å². The molecule has 1 aromatic heterocycles. The van der Waals surface area contributed by atoms with E-state index in [4.69, 9.17) is 5.26 Å². The van der Waals surface area contributed by atoms with Crippen molar-refractivity contribution in [2.75, 3.05) is 5.32 Å². The van der Waals surface area contributed by atoms with Gasteiger partial charge in [-0.1, -0.05) is 12.1 Å². The molecule has 0 spiro atoms. The fraction of sp³-hybridized carbons (Fsp3) is 0.154. The van der Waals surface area contributed by atoms with E-state index in [1.807, 2.05) is 6.07 Å². The van der Waals surface area contributed by atoms with Crippen molar-refractivity contribution in [3.63, 3.8) is 0 Å². The molecule has 0 radical (unpaired) electrons. The Morgan fingerprint density at radius 3 is 2.67 bits per heavy atom. The number of hydrogen-bond donors (Lipinski definition) is 1. The molecule has 0 saturated carbocycles. The van der Waals surface area contributed by atoms with E-state index >= 15 is 0 Å². The lowest BCUT2D eigenvalue weighted by atomic mass is 10.2. The largest absolute Gasteiger partial charge is 0.366 e. The van der Waals surface area contributed by atoms with Crippen molar-refractivity contribution in [1.29, 1.82) is 5.26 Å². The lowest BCUT2D eigenvalue weighted by molar-refractivity contribution is 0.627. The van der Waals surface area contributed by atoms with Crippen LogP contribution in [0.1, 0.15) is 17.1 Å². The number of aromatic nitrogens is 2. The van der Waals surface area contributed by atoms with Crippen molar-refractivity contribution >= 4 is 5.82 Å². The maximum atomic E-state index is 12.7. The second kappa shape index (κ2) is 5.23. The number of halogens is 1. The molecule has 2 aromatic rings. The highest BCUT2D eigenvalue weighted by molar-refractivity contribution is 5.40. The van der Waals surface area contributed by atoms with Gasteiger partial charge in [-0.25, -0.2) is 14.4 Å². The Kier molecular flexibility index (Phi) is 3.49. The lowest BCUT2D eigenvalue weighted by Gasteiger charge is -2.06. The first-order valence-electron chi connectivity index (χ1n) is 5.41. The smallest absolute Gasteiger partial charge is 0.146 e. The summed E-state index contributed by atoms with van der Waals surface area (Å²) in [6, 6.07) is 9.76. The summed E-state index contributed by atoms with van der Waals surface area (Å²) in [5.41, 5.74) is 1.26. The first-order chi connectivity index (χ1) is 8.67. The van der Waals surface area contributed by atoms with Crippen LogP contribution in [0.15, 0.2) is 30.3 Å². The summed E-state index contributed by atoms with van der Waals surface area (Å²) in [4.78, 5) is 8.12. The number of benzene rings is 1. The highest BCUT2D eigenvalue weighted by Gasteiger charge is 2.01. The summed E-state index contributed by atoms with van der Waals surface area (Å²) in [5.74, 6) is 0.863. The van der Waals surface area contributed by atoms with Crippen LogP contribution in [-0.4, -0.2) is 9.97 Å². The second-order valence-electron chi connectivity index (χ2n) is 3.78. The number of rotatable bonds is 3. The first-order valence-corrected chi connectivity index (χ1v) is 5.41. The second-order valence-corrected chi connectivity index (χ2v) is 3.78. The minimum absolute atomic E-state index is 0.261. The molecule has 4 nitrogen and oxygen atoms in total. The van der Waals surface area contributed by atoms with Crippen molar-refractivity contribution in [2.24, 2.45) is 0 Å². The topological polar surface area (TPSA) is 61.6 Å². The van der Waals surface area contributed by atoms with Crippen LogP contribution in [0.3, 0.4) is 0 Å². The summed E-state index contributed by atoms with van der Waals surface area (Å²) in [6.07, 6.45) is 0. The van der Waals surface area contributed by atoms with Crippen LogP contribution in [-0.2, 0) is 6.54 Å².